The van der Waals surface area contributed by atoms with Crippen molar-refractivity contribution in [3.8, 4) is 0 Å². The Morgan fingerprint density at radius 1 is 1.04 bits per heavy atom. The first-order valence-corrected chi connectivity index (χ1v) is 7.97. The molecule has 0 spiro atoms. The van der Waals surface area contributed by atoms with Gasteiger partial charge in [-0.15, -0.1) is 0 Å². The molecule has 7 heteroatoms. The Morgan fingerprint density at radius 2 is 1.78 bits per heavy atom. The largest absolute Gasteiger partial charge is 0.302 e. The lowest BCUT2D eigenvalue weighted by Crippen LogP contribution is -2.15. The average Bonchev–Trinajstić information content (AvgIpc) is 2.98. The van der Waals surface area contributed by atoms with Gasteiger partial charge in [-0.3, -0.25) is 4.99 Å². The molecule has 0 aliphatic carbocycles. The Labute approximate surface area is 140 Å². The smallest absolute Gasteiger partial charge is 0.204 e. The number of hydrogen-bond donors (Lipinski definition) is 0. The first kappa shape index (κ1) is 15.8. The summed E-state index contributed by atoms with van der Waals surface area (Å²) >= 11 is 7.10. The molecule has 3 nitrogen and oxygen atoms in total. The van der Waals surface area contributed by atoms with E-state index in [2.05, 4.69) is 9.37 Å². The highest BCUT2D eigenvalue weighted by molar-refractivity contribution is 7.02. The molecule has 0 radical (unpaired) electrons. The number of benzene rings is 2. The van der Waals surface area contributed by atoms with Gasteiger partial charge in [0.15, 0.2) is 11.6 Å². The van der Waals surface area contributed by atoms with Crippen LogP contribution in [0.25, 0.3) is 0 Å². The third-order valence-electron chi connectivity index (χ3n) is 3.21. The zero-order valence-corrected chi connectivity index (χ0v) is 13.5. The van der Waals surface area contributed by atoms with Gasteiger partial charge in [-0.2, -0.15) is 4.37 Å². The first-order chi connectivity index (χ1) is 11.1. The highest BCUT2D eigenvalue weighted by Gasteiger charge is 2.04. The summed E-state index contributed by atoms with van der Waals surface area (Å²) in [6, 6.07) is 11.3. The van der Waals surface area contributed by atoms with Crippen LogP contribution in [0.3, 0.4) is 0 Å². The van der Waals surface area contributed by atoms with Gasteiger partial charge in [-0.1, -0.05) is 29.8 Å². The molecule has 3 aromatic rings. The summed E-state index contributed by atoms with van der Waals surface area (Å²) in [6.07, 6.45) is 1.63. The zero-order chi connectivity index (χ0) is 16.2. The van der Waals surface area contributed by atoms with Gasteiger partial charge in [0.1, 0.15) is 6.33 Å². The highest BCUT2D eigenvalue weighted by Crippen LogP contribution is 2.11. The summed E-state index contributed by atoms with van der Waals surface area (Å²) in [7, 11) is 0. The number of aromatic nitrogens is 2. The maximum Gasteiger partial charge on any atom is 0.204 e. The maximum absolute atomic E-state index is 13.3. The molecule has 23 heavy (non-hydrogen) atoms. The van der Waals surface area contributed by atoms with Crippen LogP contribution in [0.1, 0.15) is 11.1 Å². The molecule has 1 heterocycles. The molecule has 0 bridgehead atoms. The summed E-state index contributed by atoms with van der Waals surface area (Å²) in [5, 5.41) is 0.681. The summed E-state index contributed by atoms with van der Waals surface area (Å²) in [4.78, 5) is 5.22. The molecule has 0 aliphatic rings. The second-order valence-electron chi connectivity index (χ2n) is 4.91. The molecular formula is C16H12ClF2N3S. The molecule has 118 valence electrons. The van der Waals surface area contributed by atoms with Crippen molar-refractivity contribution in [1.29, 1.82) is 0 Å². The Kier molecular flexibility index (Phi) is 4.83. The fourth-order valence-electron chi connectivity index (χ4n) is 2.04. The van der Waals surface area contributed by atoms with Crippen molar-refractivity contribution in [2.45, 2.75) is 13.1 Å². The van der Waals surface area contributed by atoms with E-state index in [1.54, 1.807) is 17.0 Å². The van der Waals surface area contributed by atoms with Crippen LogP contribution in [-0.4, -0.2) is 8.94 Å². The van der Waals surface area contributed by atoms with Crippen molar-refractivity contribution in [2.75, 3.05) is 0 Å². The molecule has 0 amide bonds. The number of rotatable bonds is 4. The Balaban J connectivity index is 1.79. The van der Waals surface area contributed by atoms with Crippen LogP contribution in [0.2, 0.25) is 5.02 Å². The van der Waals surface area contributed by atoms with Crippen molar-refractivity contribution in [3.63, 3.8) is 0 Å². The summed E-state index contributed by atoms with van der Waals surface area (Å²) in [5.74, 6) is -1.71. The number of halogens is 3. The van der Waals surface area contributed by atoms with Crippen LogP contribution < -0.4 is 4.80 Å². The lowest BCUT2D eigenvalue weighted by atomic mass is 10.2. The van der Waals surface area contributed by atoms with Crippen molar-refractivity contribution < 1.29 is 8.78 Å². The normalized spacial score (nSPS) is 11.9. The molecule has 0 aliphatic heterocycles. The molecule has 1 aromatic heterocycles. The molecule has 0 fully saturated rings. The van der Waals surface area contributed by atoms with Crippen LogP contribution in [0.5, 0.6) is 0 Å². The second-order valence-corrected chi connectivity index (χ2v) is 6.11. The van der Waals surface area contributed by atoms with Gasteiger partial charge >= 0.3 is 0 Å². The van der Waals surface area contributed by atoms with Gasteiger partial charge in [0, 0.05) is 16.6 Å². The summed E-state index contributed by atoms with van der Waals surface area (Å²) in [6.45, 7) is 0.879. The molecule has 0 atom stereocenters. The van der Waals surface area contributed by atoms with Gasteiger partial charge in [-0.05, 0) is 35.4 Å². The molecule has 0 unspecified atom stereocenters. The lowest BCUT2D eigenvalue weighted by Gasteiger charge is -2.03. The molecule has 0 N–H and O–H groups in total. The van der Waals surface area contributed by atoms with Crippen molar-refractivity contribution >= 4 is 23.1 Å². The molecule has 0 saturated heterocycles. The van der Waals surface area contributed by atoms with Crippen LogP contribution in [0, 0.1) is 11.6 Å². The Hall–Kier alpha value is -2.05. The fraction of sp³-hybridized carbons (Fsp3) is 0.125. The molecule has 2 aromatic carbocycles. The van der Waals surface area contributed by atoms with Crippen LogP contribution in [0.4, 0.5) is 8.78 Å². The summed E-state index contributed by atoms with van der Waals surface area (Å²) in [5.41, 5.74) is 1.68. The topological polar surface area (TPSA) is 30.2 Å². The van der Waals surface area contributed by atoms with Crippen molar-refractivity contribution in [1.82, 2.24) is 8.94 Å². The van der Waals surface area contributed by atoms with Gasteiger partial charge in [0.2, 0.25) is 4.80 Å². The standard InChI is InChI=1S/C16H12ClF2N3S/c17-13-4-1-11(2-5-13)8-20-16-22(10-21-23-16)9-12-3-6-14(18)15(19)7-12/h1-7,10H,8-9H2. The van der Waals surface area contributed by atoms with E-state index in [-0.39, 0.29) is 0 Å². The van der Waals surface area contributed by atoms with E-state index in [1.165, 1.54) is 17.6 Å². The van der Waals surface area contributed by atoms with E-state index >= 15 is 0 Å². The summed E-state index contributed by atoms with van der Waals surface area (Å²) < 4.78 is 32.2. The van der Waals surface area contributed by atoms with E-state index in [1.807, 2.05) is 24.3 Å². The first-order valence-electron chi connectivity index (χ1n) is 6.82. The van der Waals surface area contributed by atoms with Crippen LogP contribution in [0.15, 0.2) is 53.8 Å². The van der Waals surface area contributed by atoms with Crippen LogP contribution in [-0.2, 0) is 13.1 Å². The Morgan fingerprint density at radius 3 is 2.52 bits per heavy atom. The van der Waals surface area contributed by atoms with Gasteiger partial charge in [-0.25, -0.2) is 8.78 Å². The van der Waals surface area contributed by atoms with Crippen molar-refractivity contribution in [2.24, 2.45) is 4.99 Å². The predicted octanol–water partition coefficient (Wildman–Crippen LogP) is 4.03. The minimum atomic E-state index is -0.856. The van der Waals surface area contributed by atoms with E-state index in [0.29, 0.717) is 28.5 Å². The quantitative estimate of drug-likeness (QED) is 0.698. The van der Waals surface area contributed by atoms with Gasteiger partial charge < -0.3 is 4.57 Å². The maximum atomic E-state index is 13.3. The van der Waals surface area contributed by atoms with Gasteiger partial charge in [0.05, 0.1) is 13.1 Å². The minimum Gasteiger partial charge on any atom is -0.302 e. The fourth-order valence-corrected chi connectivity index (χ4v) is 2.76. The monoisotopic (exact) mass is 351 g/mol. The van der Waals surface area contributed by atoms with Crippen molar-refractivity contribution in [3.05, 3.63) is 81.4 Å². The van der Waals surface area contributed by atoms with Gasteiger partial charge in [0.25, 0.3) is 0 Å². The number of hydrogen-bond acceptors (Lipinski definition) is 3. The molecule has 0 saturated carbocycles. The van der Waals surface area contributed by atoms with Crippen LogP contribution >= 0.6 is 23.1 Å². The van der Waals surface area contributed by atoms with E-state index in [9.17, 15) is 8.78 Å². The molecule has 3 rings (SSSR count). The van der Waals surface area contributed by atoms with E-state index in [0.717, 1.165) is 11.6 Å². The Bertz CT molecular complexity index is 872. The predicted molar refractivity (Wildman–Crippen MR) is 86.3 cm³/mol. The SMILES string of the molecule is Fc1ccc(Cn2cnsc2=NCc2ccc(Cl)cc2)cc1F. The lowest BCUT2D eigenvalue weighted by molar-refractivity contribution is 0.506. The second kappa shape index (κ2) is 7.02. The number of nitrogens with zero attached hydrogens (tertiary/aromatic N) is 3. The minimum absolute atomic E-state index is 0.382. The van der Waals surface area contributed by atoms with E-state index < -0.39 is 11.6 Å². The van der Waals surface area contributed by atoms with E-state index in [4.69, 9.17) is 11.6 Å². The molecular weight excluding hydrogens is 340 g/mol. The average molecular weight is 352 g/mol. The third kappa shape index (κ3) is 4.03. The third-order valence-corrected chi connectivity index (χ3v) is 4.19. The highest BCUT2D eigenvalue weighted by atomic mass is 35.5. The zero-order valence-electron chi connectivity index (χ0n) is 11.9.